The highest BCUT2D eigenvalue weighted by atomic mass is 35.5. The van der Waals surface area contributed by atoms with E-state index < -0.39 is 46.3 Å². The van der Waals surface area contributed by atoms with E-state index >= 15 is 0 Å². The fraction of sp³-hybridized carbons (Fsp3) is 0.200. The van der Waals surface area contributed by atoms with Gasteiger partial charge in [-0.2, -0.15) is 13.2 Å². The zero-order valence-electron chi connectivity index (χ0n) is 12.7. The van der Waals surface area contributed by atoms with Crippen molar-refractivity contribution in [1.82, 2.24) is 4.57 Å². The number of amides is 2. The van der Waals surface area contributed by atoms with E-state index in [-0.39, 0.29) is 5.69 Å². The number of halogens is 5. The molecular weight excluding hydrogens is 366 g/mol. The van der Waals surface area contributed by atoms with Crippen LogP contribution in [0.5, 0.6) is 0 Å². The molecule has 5 nitrogen and oxygen atoms in total. The van der Waals surface area contributed by atoms with Gasteiger partial charge < -0.3 is 15.6 Å². The molecule has 2 rings (SSSR count). The van der Waals surface area contributed by atoms with E-state index in [2.05, 4.69) is 5.32 Å². The van der Waals surface area contributed by atoms with Gasteiger partial charge in [0.15, 0.2) is 0 Å². The molecule has 0 saturated heterocycles. The van der Waals surface area contributed by atoms with Gasteiger partial charge in [-0.1, -0.05) is 11.6 Å². The summed E-state index contributed by atoms with van der Waals surface area (Å²) in [7, 11) is 0. The number of pyridine rings is 1. The molecule has 0 aliphatic rings. The van der Waals surface area contributed by atoms with Crippen LogP contribution >= 0.6 is 11.6 Å². The fourth-order valence-electron chi connectivity index (χ4n) is 2.19. The summed E-state index contributed by atoms with van der Waals surface area (Å²) in [4.78, 5) is 23.2. The Bertz CT molecular complexity index is 894. The van der Waals surface area contributed by atoms with E-state index in [0.717, 1.165) is 4.57 Å². The van der Waals surface area contributed by atoms with Gasteiger partial charge in [0.1, 0.15) is 11.5 Å². The Kier molecular flexibility index (Phi) is 5.07. The Morgan fingerprint density at radius 1 is 1.32 bits per heavy atom. The lowest BCUT2D eigenvalue weighted by atomic mass is 10.1. The summed E-state index contributed by atoms with van der Waals surface area (Å²) < 4.78 is 53.7. The van der Waals surface area contributed by atoms with Gasteiger partial charge in [0, 0.05) is 11.3 Å². The highest BCUT2D eigenvalue weighted by Gasteiger charge is 2.32. The number of carbonyl (C=O) groups is 1. The van der Waals surface area contributed by atoms with E-state index in [1.807, 2.05) is 0 Å². The van der Waals surface area contributed by atoms with Crippen molar-refractivity contribution in [3.05, 3.63) is 62.3 Å². The molecule has 3 N–H and O–H groups in total. The molecule has 10 heteroatoms. The molecule has 25 heavy (non-hydrogen) atoms. The summed E-state index contributed by atoms with van der Waals surface area (Å²) >= 11 is 5.54. The van der Waals surface area contributed by atoms with Crippen LogP contribution < -0.4 is 16.6 Å². The molecule has 0 aliphatic heterocycles. The number of hydrogen-bond donors (Lipinski definition) is 2. The normalized spacial score (nSPS) is 11.4. The maximum atomic E-state index is 14.1. The van der Waals surface area contributed by atoms with Crippen molar-refractivity contribution in [2.24, 2.45) is 5.73 Å². The molecule has 2 amide bonds. The number of primary amides is 1. The number of rotatable bonds is 3. The lowest BCUT2D eigenvalue weighted by molar-refractivity contribution is -0.137. The van der Waals surface area contributed by atoms with Crippen LogP contribution in [0.3, 0.4) is 0 Å². The number of nitrogens with zero attached hydrogens (tertiary/aromatic N) is 1. The minimum absolute atomic E-state index is 0.184. The van der Waals surface area contributed by atoms with Crippen LogP contribution in [0, 0.1) is 12.7 Å². The average molecular weight is 378 g/mol. The van der Waals surface area contributed by atoms with E-state index in [9.17, 15) is 27.2 Å². The summed E-state index contributed by atoms with van der Waals surface area (Å²) in [5.74, 6) is -1.06. The van der Waals surface area contributed by atoms with Gasteiger partial charge in [0.2, 0.25) is 0 Å². The van der Waals surface area contributed by atoms with E-state index in [1.54, 1.807) is 0 Å². The molecule has 0 fully saturated rings. The summed E-state index contributed by atoms with van der Waals surface area (Å²) in [5, 5.41) is 1.39. The Hall–Kier alpha value is -2.55. The van der Waals surface area contributed by atoms with Crippen molar-refractivity contribution in [1.29, 1.82) is 0 Å². The lowest BCUT2D eigenvalue weighted by Gasteiger charge is -2.15. The quantitative estimate of drug-likeness (QED) is 0.803. The van der Waals surface area contributed by atoms with Gasteiger partial charge in [0.25, 0.3) is 5.56 Å². The van der Waals surface area contributed by atoms with Crippen LogP contribution in [0.1, 0.15) is 16.8 Å². The van der Waals surface area contributed by atoms with E-state index in [1.165, 1.54) is 19.1 Å². The van der Waals surface area contributed by atoms with Gasteiger partial charge >= 0.3 is 12.2 Å². The first-order valence-electron chi connectivity index (χ1n) is 6.82. The number of benzene rings is 1. The second-order valence-electron chi connectivity index (χ2n) is 5.20. The molecule has 1 heterocycles. The molecule has 0 radical (unpaired) electrons. The second-order valence-corrected chi connectivity index (χ2v) is 5.61. The molecule has 134 valence electrons. The Labute approximate surface area is 144 Å². The highest BCUT2D eigenvalue weighted by molar-refractivity contribution is 6.30. The van der Waals surface area contributed by atoms with Crippen LogP contribution in [0.2, 0.25) is 5.02 Å². The number of alkyl halides is 3. The molecule has 1 aromatic carbocycles. The number of aryl methyl sites for hydroxylation is 1. The predicted octanol–water partition coefficient (Wildman–Crippen LogP) is 3.51. The third-order valence-electron chi connectivity index (χ3n) is 3.41. The van der Waals surface area contributed by atoms with Crippen molar-refractivity contribution >= 4 is 23.3 Å². The maximum absolute atomic E-state index is 14.1. The predicted molar refractivity (Wildman–Crippen MR) is 84.2 cm³/mol. The molecule has 0 atom stereocenters. The summed E-state index contributed by atoms with van der Waals surface area (Å²) in [5.41, 5.74) is 2.81. The van der Waals surface area contributed by atoms with Gasteiger partial charge in [-0.15, -0.1) is 0 Å². The number of nitrogens with one attached hydrogen (secondary N) is 1. The molecule has 0 spiro atoms. The number of urea groups is 1. The third-order valence-corrected chi connectivity index (χ3v) is 3.68. The van der Waals surface area contributed by atoms with Gasteiger partial charge in [-0.05, 0) is 31.2 Å². The first-order valence-corrected chi connectivity index (χ1v) is 7.20. The molecule has 0 aliphatic carbocycles. The summed E-state index contributed by atoms with van der Waals surface area (Å²) in [6.45, 7) is 0.997. The van der Waals surface area contributed by atoms with Crippen molar-refractivity contribution in [2.75, 3.05) is 5.32 Å². The lowest BCUT2D eigenvalue weighted by Crippen LogP contribution is -2.30. The zero-order valence-corrected chi connectivity index (χ0v) is 13.5. The Morgan fingerprint density at radius 2 is 1.96 bits per heavy atom. The standard InChI is InChI=1S/C15H12ClF4N3O2/c1-7-2-3-11(22-14(21)25)13(24)23(7)6-8-4-9(15(18,19)20)5-10(16)12(8)17/h2-5H,6H2,1H3,(H3,21,22,25). The first-order chi connectivity index (χ1) is 11.5. The number of hydrogen-bond acceptors (Lipinski definition) is 2. The van der Waals surface area contributed by atoms with Crippen LogP contribution in [0.4, 0.5) is 28.0 Å². The molecule has 2 aromatic rings. The first kappa shape index (κ1) is 18.8. The molecule has 0 unspecified atom stereocenters. The smallest absolute Gasteiger partial charge is 0.351 e. The second kappa shape index (κ2) is 6.75. The summed E-state index contributed by atoms with van der Waals surface area (Å²) in [6.07, 6.45) is -4.72. The van der Waals surface area contributed by atoms with Gasteiger partial charge in [-0.3, -0.25) is 4.79 Å². The minimum atomic E-state index is -4.72. The van der Waals surface area contributed by atoms with Crippen molar-refractivity contribution < 1.29 is 22.4 Å². The highest BCUT2D eigenvalue weighted by Crippen LogP contribution is 2.33. The molecule has 0 saturated carbocycles. The van der Waals surface area contributed by atoms with Crippen molar-refractivity contribution in [3.63, 3.8) is 0 Å². The maximum Gasteiger partial charge on any atom is 0.416 e. The van der Waals surface area contributed by atoms with Gasteiger partial charge in [0.05, 0.1) is 17.1 Å². The number of nitrogens with two attached hydrogens (primary N) is 1. The van der Waals surface area contributed by atoms with Crippen LogP contribution in [0.15, 0.2) is 29.1 Å². The minimum Gasteiger partial charge on any atom is -0.351 e. The SMILES string of the molecule is Cc1ccc(NC(N)=O)c(=O)n1Cc1cc(C(F)(F)F)cc(Cl)c1F. The molecular formula is C15H12ClF4N3O2. The van der Waals surface area contributed by atoms with Crippen LogP contribution in [-0.2, 0) is 12.7 Å². The topological polar surface area (TPSA) is 77.1 Å². The molecule has 0 bridgehead atoms. The largest absolute Gasteiger partial charge is 0.416 e. The zero-order chi connectivity index (χ0) is 18.9. The number of aromatic nitrogens is 1. The fourth-order valence-corrected chi connectivity index (χ4v) is 2.43. The monoisotopic (exact) mass is 377 g/mol. The van der Waals surface area contributed by atoms with Crippen molar-refractivity contribution in [3.8, 4) is 0 Å². The van der Waals surface area contributed by atoms with Crippen LogP contribution in [0.25, 0.3) is 0 Å². The van der Waals surface area contributed by atoms with Crippen molar-refractivity contribution in [2.45, 2.75) is 19.6 Å². The number of anilines is 1. The Balaban J connectivity index is 2.55. The average Bonchev–Trinajstić information content (AvgIpc) is 2.49. The van der Waals surface area contributed by atoms with E-state index in [0.29, 0.717) is 17.8 Å². The number of carbonyl (C=O) groups excluding carboxylic acids is 1. The molecule has 1 aromatic heterocycles. The van der Waals surface area contributed by atoms with Crippen LogP contribution in [-0.4, -0.2) is 10.6 Å². The third kappa shape index (κ3) is 4.11. The summed E-state index contributed by atoms with van der Waals surface area (Å²) in [6, 6.07) is 2.79. The van der Waals surface area contributed by atoms with Gasteiger partial charge in [-0.25, -0.2) is 9.18 Å². The van der Waals surface area contributed by atoms with E-state index in [4.69, 9.17) is 17.3 Å². The Morgan fingerprint density at radius 3 is 2.52 bits per heavy atom.